The Balaban J connectivity index is 3.03. The van der Waals surface area contributed by atoms with Crippen molar-refractivity contribution in [2.75, 3.05) is 7.11 Å². The van der Waals surface area contributed by atoms with Gasteiger partial charge in [-0.25, -0.2) is 8.78 Å². The Morgan fingerprint density at radius 2 is 1.87 bits per heavy atom. The summed E-state index contributed by atoms with van der Waals surface area (Å²) in [6.07, 6.45) is -2.38. The molecule has 1 rings (SSSR count). The van der Waals surface area contributed by atoms with E-state index < -0.39 is 12.0 Å². The van der Waals surface area contributed by atoms with Crippen molar-refractivity contribution in [1.82, 2.24) is 0 Å². The van der Waals surface area contributed by atoms with Gasteiger partial charge >= 0.3 is 0 Å². The summed E-state index contributed by atoms with van der Waals surface area (Å²) in [5, 5.41) is 0. The highest BCUT2D eigenvalue weighted by atomic mass is 19.3. The van der Waals surface area contributed by atoms with E-state index in [1.165, 1.54) is 7.11 Å². The summed E-state index contributed by atoms with van der Waals surface area (Å²) in [6, 6.07) is 6.42. The molecule has 0 heterocycles. The summed E-state index contributed by atoms with van der Waals surface area (Å²) in [7, 11) is 1.53. The van der Waals surface area contributed by atoms with Crippen LogP contribution >= 0.6 is 0 Å². The van der Waals surface area contributed by atoms with Crippen LogP contribution < -0.4 is 10.5 Å². The van der Waals surface area contributed by atoms with Crippen LogP contribution in [0.2, 0.25) is 0 Å². The molecule has 2 nitrogen and oxygen atoms in total. The maximum absolute atomic E-state index is 12.8. The maximum atomic E-state index is 12.8. The van der Waals surface area contributed by atoms with E-state index >= 15 is 0 Å². The van der Waals surface area contributed by atoms with Crippen LogP contribution in [0.1, 0.15) is 18.9 Å². The third kappa shape index (κ3) is 2.26. The third-order valence-electron chi connectivity index (χ3n) is 2.60. The van der Waals surface area contributed by atoms with E-state index in [1.54, 1.807) is 31.2 Å². The Morgan fingerprint density at radius 1 is 1.33 bits per heavy atom. The molecule has 0 fully saturated rings. The molecule has 0 aliphatic rings. The van der Waals surface area contributed by atoms with Gasteiger partial charge in [0, 0.05) is 0 Å². The monoisotopic (exact) mass is 215 g/mol. The van der Waals surface area contributed by atoms with Crippen molar-refractivity contribution >= 4 is 0 Å². The van der Waals surface area contributed by atoms with E-state index in [0.29, 0.717) is 11.3 Å². The smallest absolute Gasteiger partial charge is 0.260 e. The van der Waals surface area contributed by atoms with Crippen molar-refractivity contribution in [3.63, 3.8) is 0 Å². The predicted molar refractivity (Wildman–Crippen MR) is 55.2 cm³/mol. The van der Waals surface area contributed by atoms with Gasteiger partial charge in [-0.1, -0.05) is 19.1 Å². The van der Waals surface area contributed by atoms with Gasteiger partial charge in [0.05, 0.1) is 7.11 Å². The SMILES string of the molecule is CCC(N)(c1ccc(OC)cc1)C(F)F. The van der Waals surface area contributed by atoms with Gasteiger partial charge in [-0.3, -0.25) is 0 Å². The number of methoxy groups -OCH3 is 1. The Morgan fingerprint density at radius 3 is 2.20 bits per heavy atom. The van der Waals surface area contributed by atoms with E-state index in [2.05, 4.69) is 0 Å². The lowest BCUT2D eigenvalue weighted by atomic mass is 9.89. The van der Waals surface area contributed by atoms with Crippen molar-refractivity contribution in [2.45, 2.75) is 25.3 Å². The molecule has 4 heteroatoms. The van der Waals surface area contributed by atoms with Crippen LogP contribution in [0.15, 0.2) is 24.3 Å². The van der Waals surface area contributed by atoms with Gasteiger partial charge in [0.1, 0.15) is 11.3 Å². The van der Waals surface area contributed by atoms with Crippen molar-refractivity contribution in [2.24, 2.45) is 5.73 Å². The first-order valence-corrected chi connectivity index (χ1v) is 4.76. The number of halogens is 2. The maximum Gasteiger partial charge on any atom is 0.260 e. The second-order valence-electron chi connectivity index (χ2n) is 3.42. The third-order valence-corrected chi connectivity index (χ3v) is 2.60. The van der Waals surface area contributed by atoms with Crippen LogP contribution in [0.5, 0.6) is 5.75 Å². The van der Waals surface area contributed by atoms with Gasteiger partial charge in [-0.15, -0.1) is 0 Å². The molecule has 0 saturated carbocycles. The molecule has 1 aromatic carbocycles. The van der Waals surface area contributed by atoms with Gasteiger partial charge in [0.15, 0.2) is 0 Å². The quantitative estimate of drug-likeness (QED) is 0.837. The summed E-state index contributed by atoms with van der Waals surface area (Å²) in [4.78, 5) is 0. The van der Waals surface area contributed by atoms with Crippen LogP contribution in [-0.2, 0) is 5.54 Å². The minimum Gasteiger partial charge on any atom is -0.497 e. The Hall–Kier alpha value is -1.16. The number of ether oxygens (including phenoxy) is 1. The standard InChI is InChI=1S/C11H15F2NO/c1-3-11(14,10(12)13)8-4-6-9(15-2)7-5-8/h4-7,10H,3,14H2,1-2H3. The van der Waals surface area contributed by atoms with Crippen LogP contribution in [0.3, 0.4) is 0 Å². The number of rotatable bonds is 4. The first kappa shape index (κ1) is 11.9. The molecule has 1 aromatic rings. The lowest BCUT2D eigenvalue weighted by molar-refractivity contribution is 0.0494. The van der Waals surface area contributed by atoms with Gasteiger partial charge < -0.3 is 10.5 Å². The topological polar surface area (TPSA) is 35.2 Å². The van der Waals surface area contributed by atoms with Gasteiger partial charge in [0.2, 0.25) is 0 Å². The number of nitrogens with two attached hydrogens (primary N) is 1. The lowest BCUT2D eigenvalue weighted by Crippen LogP contribution is -2.43. The molecule has 0 spiro atoms. The fourth-order valence-corrected chi connectivity index (χ4v) is 1.39. The molecule has 0 bridgehead atoms. The summed E-state index contributed by atoms with van der Waals surface area (Å²) in [5.41, 5.74) is 4.53. The first-order valence-electron chi connectivity index (χ1n) is 4.76. The molecule has 1 atom stereocenters. The molecule has 1 unspecified atom stereocenters. The largest absolute Gasteiger partial charge is 0.497 e. The molecule has 0 radical (unpaired) electrons. The van der Waals surface area contributed by atoms with Crippen LogP contribution in [0, 0.1) is 0 Å². The van der Waals surface area contributed by atoms with Gasteiger partial charge in [-0.05, 0) is 24.1 Å². The summed E-state index contributed by atoms with van der Waals surface area (Å²) in [6.45, 7) is 1.65. The molecule has 0 aliphatic carbocycles. The average Bonchev–Trinajstić information content (AvgIpc) is 2.28. The minimum atomic E-state index is -2.57. The van der Waals surface area contributed by atoms with Crippen LogP contribution in [0.25, 0.3) is 0 Å². The summed E-state index contributed by atoms with van der Waals surface area (Å²) < 4.78 is 30.5. The van der Waals surface area contributed by atoms with Gasteiger partial charge in [-0.2, -0.15) is 0 Å². The highest BCUT2D eigenvalue weighted by Gasteiger charge is 2.35. The van der Waals surface area contributed by atoms with E-state index in [4.69, 9.17) is 10.5 Å². The second kappa shape index (κ2) is 4.57. The molecular weight excluding hydrogens is 200 g/mol. The summed E-state index contributed by atoms with van der Waals surface area (Å²) >= 11 is 0. The van der Waals surface area contributed by atoms with Crippen molar-refractivity contribution in [1.29, 1.82) is 0 Å². The Bertz CT molecular complexity index is 313. The van der Waals surface area contributed by atoms with E-state index in [9.17, 15) is 8.78 Å². The zero-order chi connectivity index (χ0) is 11.5. The zero-order valence-corrected chi connectivity index (χ0v) is 8.84. The average molecular weight is 215 g/mol. The molecule has 0 saturated heterocycles. The molecule has 0 aliphatic heterocycles. The highest BCUT2D eigenvalue weighted by Crippen LogP contribution is 2.30. The fraction of sp³-hybridized carbons (Fsp3) is 0.455. The zero-order valence-electron chi connectivity index (χ0n) is 8.84. The molecular formula is C11H15F2NO. The predicted octanol–water partition coefficient (Wildman–Crippen LogP) is 2.52. The molecule has 2 N–H and O–H groups in total. The van der Waals surface area contributed by atoms with Crippen molar-refractivity contribution in [3.05, 3.63) is 29.8 Å². The van der Waals surface area contributed by atoms with Crippen molar-refractivity contribution < 1.29 is 13.5 Å². The summed E-state index contributed by atoms with van der Waals surface area (Å²) in [5.74, 6) is 0.631. The van der Waals surface area contributed by atoms with Crippen LogP contribution in [0.4, 0.5) is 8.78 Å². The number of hydrogen-bond acceptors (Lipinski definition) is 2. The fourth-order valence-electron chi connectivity index (χ4n) is 1.39. The molecule has 0 amide bonds. The number of hydrogen-bond donors (Lipinski definition) is 1. The minimum absolute atomic E-state index is 0.191. The Kier molecular flexibility index (Phi) is 3.63. The molecule has 84 valence electrons. The number of benzene rings is 1. The van der Waals surface area contributed by atoms with E-state index in [-0.39, 0.29) is 6.42 Å². The first-order chi connectivity index (χ1) is 7.04. The number of alkyl halides is 2. The lowest BCUT2D eigenvalue weighted by Gasteiger charge is -2.27. The second-order valence-corrected chi connectivity index (χ2v) is 3.42. The Labute approximate surface area is 88.0 Å². The van der Waals surface area contributed by atoms with E-state index in [0.717, 1.165) is 0 Å². The molecule has 15 heavy (non-hydrogen) atoms. The normalized spacial score (nSPS) is 15.1. The highest BCUT2D eigenvalue weighted by molar-refractivity contribution is 5.32. The van der Waals surface area contributed by atoms with Gasteiger partial charge in [0.25, 0.3) is 6.43 Å². The van der Waals surface area contributed by atoms with E-state index in [1.807, 2.05) is 0 Å². The van der Waals surface area contributed by atoms with Crippen LogP contribution in [-0.4, -0.2) is 13.5 Å². The van der Waals surface area contributed by atoms with Crippen molar-refractivity contribution in [3.8, 4) is 5.75 Å². The molecule has 0 aromatic heterocycles.